The van der Waals surface area contributed by atoms with Gasteiger partial charge in [-0.15, -0.1) is 0 Å². The first-order chi connectivity index (χ1) is 9.43. The zero-order valence-corrected chi connectivity index (χ0v) is 13.7. The third kappa shape index (κ3) is 5.34. The summed E-state index contributed by atoms with van der Waals surface area (Å²) < 4.78 is 11.3. The molecule has 0 fully saturated rings. The summed E-state index contributed by atoms with van der Waals surface area (Å²) in [7, 11) is 0. The number of ether oxygens (including phenoxy) is 2. The van der Waals surface area contributed by atoms with E-state index < -0.39 is 11.9 Å². The van der Waals surface area contributed by atoms with Crippen molar-refractivity contribution in [1.29, 1.82) is 0 Å². The molecule has 0 saturated carbocycles. The molecular weight excluding hydrogens is 396 g/mol. The summed E-state index contributed by atoms with van der Waals surface area (Å²) in [6.07, 6.45) is 2.49. The predicted molar refractivity (Wildman–Crippen MR) is 80.6 cm³/mol. The molecule has 1 rings (SSSR count). The van der Waals surface area contributed by atoms with Gasteiger partial charge < -0.3 is 14.6 Å². The number of carboxylic acid groups (broad SMARTS) is 1. The minimum atomic E-state index is -1.03. The van der Waals surface area contributed by atoms with Crippen molar-refractivity contribution >= 4 is 49.9 Å². The molecule has 108 valence electrons. The van der Waals surface area contributed by atoms with Crippen LogP contribution in [0.5, 0.6) is 5.75 Å². The Morgan fingerprint density at radius 3 is 2.40 bits per heavy atom. The number of aliphatic carboxylic acids is 1. The number of benzene rings is 1. The maximum absolute atomic E-state index is 11.2. The Kier molecular flexibility index (Phi) is 6.74. The van der Waals surface area contributed by atoms with Gasteiger partial charge in [0.2, 0.25) is 0 Å². The summed E-state index contributed by atoms with van der Waals surface area (Å²) in [6.45, 7) is 1.81. The van der Waals surface area contributed by atoms with Crippen molar-refractivity contribution in [2.24, 2.45) is 0 Å². The molecule has 0 radical (unpaired) electrons. The van der Waals surface area contributed by atoms with Crippen molar-refractivity contribution in [3.8, 4) is 5.75 Å². The van der Waals surface area contributed by atoms with Crippen LogP contribution < -0.4 is 4.74 Å². The molecule has 0 atom stereocenters. The van der Waals surface area contributed by atoms with E-state index in [9.17, 15) is 9.59 Å². The van der Waals surface area contributed by atoms with Crippen LogP contribution in [0.15, 0.2) is 27.2 Å². The quantitative estimate of drug-likeness (QED) is 0.578. The number of carbonyl (C=O) groups is 2. The molecule has 0 bridgehead atoms. The zero-order chi connectivity index (χ0) is 15.1. The van der Waals surface area contributed by atoms with Gasteiger partial charge in [0.05, 0.1) is 15.6 Å². The molecule has 0 aliphatic heterocycles. The smallest absolute Gasteiger partial charge is 0.344 e. The zero-order valence-electron chi connectivity index (χ0n) is 10.6. The van der Waals surface area contributed by atoms with Gasteiger partial charge in [-0.1, -0.05) is 0 Å². The van der Waals surface area contributed by atoms with Crippen LogP contribution in [0.25, 0.3) is 6.08 Å². The maximum atomic E-state index is 11.2. The van der Waals surface area contributed by atoms with E-state index in [1.165, 1.54) is 6.08 Å². The molecule has 0 aliphatic rings. The largest absolute Gasteiger partial charge is 0.480 e. The van der Waals surface area contributed by atoms with Gasteiger partial charge in [-0.05, 0) is 62.6 Å². The Morgan fingerprint density at radius 1 is 1.30 bits per heavy atom. The van der Waals surface area contributed by atoms with Crippen LogP contribution in [0.2, 0.25) is 0 Å². The second-order valence-corrected chi connectivity index (χ2v) is 5.29. The molecule has 5 nitrogen and oxygen atoms in total. The fraction of sp³-hybridized carbons (Fsp3) is 0.231. The third-order valence-electron chi connectivity index (χ3n) is 2.08. The molecule has 20 heavy (non-hydrogen) atoms. The highest BCUT2D eigenvalue weighted by Crippen LogP contribution is 2.35. The minimum Gasteiger partial charge on any atom is -0.480 e. The van der Waals surface area contributed by atoms with Gasteiger partial charge in [0.15, 0.2) is 6.61 Å². The summed E-state index contributed by atoms with van der Waals surface area (Å²) in [5.41, 5.74) is 0.676. The number of carbonyl (C=O) groups excluding carboxylic acids is 1. The SMILES string of the molecule is CCOC(=O)COc1c(Br)cc(/C=C/C(=O)O)cc1Br. The molecule has 7 heteroatoms. The molecule has 1 aromatic carbocycles. The fourth-order valence-corrected chi connectivity index (χ4v) is 2.77. The summed E-state index contributed by atoms with van der Waals surface area (Å²) in [5, 5.41) is 8.58. The van der Waals surface area contributed by atoms with Gasteiger partial charge in [-0.2, -0.15) is 0 Å². The molecule has 0 amide bonds. The first-order valence-corrected chi connectivity index (χ1v) is 7.21. The van der Waals surface area contributed by atoms with E-state index >= 15 is 0 Å². The van der Waals surface area contributed by atoms with Gasteiger partial charge in [0, 0.05) is 6.08 Å². The second-order valence-electron chi connectivity index (χ2n) is 3.58. The lowest BCUT2D eigenvalue weighted by atomic mass is 10.2. The Bertz CT molecular complexity index is 517. The van der Waals surface area contributed by atoms with Crippen molar-refractivity contribution in [3.05, 3.63) is 32.7 Å². The Balaban J connectivity index is 2.84. The van der Waals surface area contributed by atoms with Crippen molar-refractivity contribution in [2.45, 2.75) is 6.92 Å². The van der Waals surface area contributed by atoms with E-state index in [1.54, 1.807) is 19.1 Å². The lowest BCUT2D eigenvalue weighted by Gasteiger charge is -2.10. The number of esters is 1. The average Bonchev–Trinajstić information content (AvgIpc) is 2.35. The molecule has 0 saturated heterocycles. The number of rotatable bonds is 6. The van der Waals surface area contributed by atoms with Gasteiger partial charge in [0.25, 0.3) is 0 Å². The first kappa shape index (κ1) is 16.7. The van der Waals surface area contributed by atoms with Gasteiger partial charge in [-0.3, -0.25) is 0 Å². The van der Waals surface area contributed by atoms with E-state index in [-0.39, 0.29) is 6.61 Å². The number of hydrogen-bond acceptors (Lipinski definition) is 4. The van der Waals surface area contributed by atoms with Gasteiger partial charge >= 0.3 is 11.9 Å². The van der Waals surface area contributed by atoms with E-state index in [1.807, 2.05) is 0 Å². The fourth-order valence-electron chi connectivity index (χ4n) is 1.31. The monoisotopic (exact) mass is 406 g/mol. The summed E-state index contributed by atoms with van der Waals surface area (Å²) >= 11 is 6.61. The normalized spacial score (nSPS) is 10.6. The van der Waals surface area contributed by atoms with Crippen LogP contribution in [-0.4, -0.2) is 30.3 Å². The van der Waals surface area contributed by atoms with Crippen molar-refractivity contribution in [3.63, 3.8) is 0 Å². The highest BCUT2D eigenvalue weighted by atomic mass is 79.9. The van der Waals surface area contributed by atoms with Gasteiger partial charge in [-0.25, -0.2) is 9.59 Å². The first-order valence-electron chi connectivity index (χ1n) is 5.62. The van der Waals surface area contributed by atoms with Crippen LogP contribution in [-0.2, 0) is 14.3 Å². The molecular formula is C13H12Br2O5. The van der Waals surface area contributed by atoms with E-state index in [2.05, 4.69) is 31.9 Å². The topological polar surface area (TPSA) is 72.8 Å². The molecule has 0 aromatic heterocycles. The van der Waals surface area contributed by atoms with Crippen molar-refractivity contribution < 1.29 is 24.2 Å². The van der Waals surface area contributed by atoms with E-state index in [0.29, 0.717) is 26.9 Å². The van der Waals surface area contributed by atoms with Crippen LogP contribution in [0.4, 0.5) is 0 Å². The van der Waals surface area contributed by atoms with Crippen LogP contribution in [0.1, 0.15) is 12.5 Å². The third-order valence-corrected chi connectivity index (χ3v) is 3.26. The van der Waals surface area contributed by atoms with Crippen LogP contribution in [0, 0.1) is 0 Å². The summed E-state index contributed by atoms with van der Waals surface area (Å²) in [6, 6.07) is 3.37. The van der Waals surface area contributed by atoms with E-state index in [4.69, 9.17) is 14.6 Å². The molecule has 1 N–H and O–H groups in total. The molecule has 0 unspecified atom stereocenters. The van der Waals surface area contributed by atoms with Crippen LogP contribution >= 0.6 is 31.9 Å². The minimum absolute atomic E-state index is 0.199. The lowest BCUT2D eigenvalue weighted by Crippen LogP contribution is -2.15. The standard InChI is InChI=1S/C13H12Br2O5/c1-2-19-12(18)7-20-13-9(14)5-8(6-10(13)15)3-4-11(16)17/h3-6H,2,7H2,1H3,(H,16,17)/b4-3+. The Hall–Kier alpha value is -1.34. The number of carboxylic acids is 1. The molecule has 0 heterocycles. The summed E-state index contributed by atoms with van der Waals surface area (Å²) in [4.78, 5) is 21.7. The van der Waals surface area contributed by atoms with Crippen LogP contribution in [0.3, 0.4) is 0 Å². The Labute approximate surface area is 132 Å². The Morgan fingerprint density at radius 2 is 1.90 bits per heavy atom. The predicted octanol–water partition coefficient (Wildman–Crippen LogP) is 3.25. The molecule has 1 aromatic rings. The lowest BCUT2D eigenvalue weighted by molar-refractivity contribution is -0.145. The second kappa shape index (κ2) is 8.06. The van der Waals surface area contributed by atoms with Gasteiger partial charge in [0.1, 0.15) is 5.75 Å². The maximum Gasteiger partial charge on any atom is 0.344 e. The number of hydrogen-bond donors (Lipinski definition) is 1. The summed E-state index contributed by atoms with van der Waals surface area (Å²) in [5.74, 6) is -1.04. The average molecular weight is 408 g/mol. The highest BCUT2D eigenvalue weighted by molar-refractivity contribution is 9.11. The molecule has 0 aliphatic carbocycles. The van der Waals surface area contributed by atoms with Crippen molar-refractivity contribution in [2.75, 3.05) is 13.2 Å². The van der Waals surface area contributed by atoms with E-state index in [0.717, 1.165) is 6.08 Å². The van der Waals surface area contributed by atoms with Crippen molar-refractivity contribution in [1.82, 2.24) is 0 Å². The number of halogens is 2. The molecule has 0 spiro atoms. The highest BCUT2D eigenvalue weighted by Gasteiger charge is 2.11.